The number of imide groups is 1. The zero-order chi connectivity index (χ0) is 28.8. The van der Waals surface area contributed by atoms with Gasteiger partial charge < -0.3 is 20.0 Å². The topological polar surface area (TPSA) is 103 Å². The van der Waals surface area contributed by atoms with Gasteiger partial charge in [-0.1, -0.05) is 42.3 Å². The van der Waals surface area contributed by atoms with Crippen LogP contribution in [0.15, 0.2) is 60.7 Å². The molecule has 4 amide bonds. The molecule has 1 atom stereocenters. The Balaban J connectivity index is 1.12. The van der Waals surface area contributed by atoms with Crippen LogP contribution in [-0.4, -0.2) is 42.4 Å². The maximum absolute atomic E-state index is 13.4. The summed E-state index contributed by atoms with van der Waals surface area (Å²) in [6, 6.07) is 18.9. The summed E-state index contributed by atoms with van der Waals surface area (Å²) in [4.78, 5) is 40.7. The van der Waals surface area contributed by atoms with Crippen molar-refractivity contribution in [2.24, 2.45) is 5.92 Å². The Bertz CT molecular complexity index is 1670. The van der Waals surface area contributed by atoms with Crippen LogP contribution >= 0.6 is 0 Å². The third kappa shape index (κ3) is 4.64. The molecule has 0 spiro atoms. The van der Waals surface area contributed by atoms with Crippen molar-refractivity contribution in [2.75, 3.05) is 24.7 Å². The normalized spacial score (nSPS) is 20.5. The highest BCUT2D eigenvalue weighted by Gasteiger charge is 2.50. The first-order valence-electron chi connectivity index (χ1n) is 14.3. The smallest absolute Gasteiger partial charge is 0.322 e. The van der Waals surface area contributed by atoms with E-state index in [0.717, 1.165) is 35.7 Å². The van der Waals surface area contributed by atoms with E-state index >= 15 is 0 Å². The Kier molecular flexibility index (Phi) is 6.36. The summed E-state index contributed by atoms with van der Waals surface area (Å²) in [5.74, 6) is 6.27. The maximum atomic E-state index is 13.4. The fourth-order valence-corrected chi connectivity index (χ4v) is 6.04. The molecule has 0 bridgehead atoms. The third-order valence-corrected chi connectivity index (χ3v) is 8.50. The third-order valence-electron chi connectivity index (χ3n) is 8.50. The average molecular weight is 562 g/mol. The van der Waals surface area contributed by atoms with E-state index in [1.165, 1.54) is 24.1 Å². The second-order valence-electron chi connectivity index (χ2n) is 11.3. The number of hydrogen-bond acceptors (Lipinski definition) is 6. The first-order chi connectivity index (χ1) is 20.4. The fourth-order valence-electron chi connectivity index (χ4n) is 6.04. The number of anilines is 1. The fraction of sp³-hybridized carbons (Fsp3) is 0.303. The Morgan fingerprint density at radius 1 is 0.976 bits per heavy atom. The molecule has 1 aliphatic carbocycles. The summed E-state index contributed by atoms with van der Waals surface area (Å²) >= 11 is 0. The van der Waals surface area contributed by atoms with E-state index in [9.17, 15) is 14.4 Å². The van der Waals surface area contributed by atoms with Crippen LogP contribution in [0.25, 0.3) is 11.1 Å². The van der Waals surface area contributed by atoms with E-state index in [4.69, 9.17) is 4.74 Å². The number of benzene rings is 3. The molecule has 0 aromatic heterocycles. The highest BCUT2D eigenvalue weighted by atomic mass is 16.5. The van der Waals surface area contributed by atoms with Gasteiger partial charge in [0.1, 0.15) is 12.4 Å². The van der Waals surface area contributed by atoms with Crippen molar-refractivity contribution in [3.63, 3.8) is 0 Å². The molecule has 1 saturated heterocycles. The molecule has 42 heavy (non-hydrogen) atoms. The number of hydrazine groups is 1. The van der Waals surface area contributed by atoms with Gasteiger partial charge in [0.2, 0.25) is 0 Å². The van der Waals surface area contributed by atoms with Gasteiger partial charge in [-0.25, -0.2) is 10.2 Å². The second-order valence-corrected chi connectivity index (χ2v) is 11.3. The standard InChI is InChI=1S/C33H31N5O4/c1-2-3-14-42-27-12-8-24-19-37(30(39)28(24)16-27)20-33(31(40)35-32(41)36-33)26-10-6-22(7-11-26)23-9-13-29-25(15-23)17-34-38(29)18-21-4-5-21/h6-13,15-16,21,34H,4-5,14,17-20H2,1H3,(H2,35,36,40,41)/t33-/m0/s1. The zero-order valence-corrected chi connectivity index (χ0v) is 23.3. The largest absolute Gasteiger partial charge is 0.481 e. The molecule has 0 unspecified atom stereocenters. The lowest BCUT2D eigenvalue weighted by Crippen LogP contribution is -2.52. The number of urea groups is 1. The summed E-state index contributed by atoms with van der Waals surface area (Å²) in [5.41, 5.74) is 8.64. The Morgan fingerprint density at radius 3 is 2.52 bits per heavy atom. The van der Waals surface area contributed by atoms with Crippen LogP contribution in [0.4, 0.5) is 10.5 Å². The van der Waals surface area contributed by atoms with Crippen LogP contribution in [0.3, 0.4) is 0 Å². The van der Waals surface area contributed by atoms with Crippen molar-refractivity contribution in [1.29, 1.82) is 0 Å². The predicted molar refractivity (Wildman–Crippen MR) is 157 cm³/mol. The number of nitrogens with one attached hydrogen (secondary N) is 3. The van der Waals surface area contributed by atoms with E-state index in [1.54, 1.807) is 17.9 Å². The molecule has 3 aromatic rings. The van der Waals surface area contributed by atoms with E-state index in [1.807, 2.05) is 36.4 Å². The zero-order valence-electron chi connectivity index (χ0n) is 23.3. The minimum Gasteiger partial charge on any atom is -0.481 e. The quantitative estimate of drug-likeness (QED) is 0.287. The van der Waals surface area contributed by atoms with E-state index in [0.29, 0.717) is 23.4 Å². The minimum atomic E-state index is -1.41. The molecule has 0 radical (unpaired) electrons. The second kappa shape index (κ2) is 10.2. The van der Waals surface area contributed by atoms with Crippen LogP contribution in [0.1, 0.15) is 46.8 Å². The van der Waals surface area contributed by atoms with Crippen molar-refractivity contribution in [2.45, 2.75) is 38.4 Å². The summed E-state index contributed by atoms with van der Waals surface area (Å²) in [6.07, 6.45) is 2.61. The lowest BCUT2D eigenvalue weighted by atomic mass is 9.88. The monoisotopic (exact) mass is 561 g/mol. The molecule has 2 fully saturated rings. The molecule has 3 N–H and O–H groups in total. The Hall–Kier alpha value is -4.81. The summed E-state index contributed by atoms with van der Waals surface area (Å²) in [6.45, 7) is 4.14. The SMILES string of the molecule is CC#CCOc1ccc2c(c1)C(=O)N(C[C@@]1(c3ccc(-c4ccc5c(c4)CNN5CC4CC4)cc3)NC(=O)NC1=O)C2. The van der Waals surface area contributed by atoms with Gasteiger partial charge in [-0.2, -0.15) is 0 Å². The van der Waals surface area contributed by atoms with Crippen molar-refractivity contribution in [3.05, 3.63) is 82.9 Å². The van der Waals surface area contributed by atoms with Crippen LogP contribution in [0, 0.1) is 17.8 Å². The first kappa shape index (κ1) is 26.1. The van der Waals surface area contributed by atoms with Crippen LogP contribution in [-0.2, 0) is 23.4 Å². The van der Waals surface area contributed by atoms with Gasteiger partial charge in [-0.05, 0) is 77.8 Å². The maximum Gasteiger partial charge on any atom is 0.322 e. The van der Waals surface area contributed by atoms with Crippen molar-refractivity contribution >= 4 is 23.5 Å². The number of rotatable bonds is 8. The van der Waals surface area contributed by atoms with Crippen LogP contribution in [0.5, 0.6) is 5.75 Å². The molecule has 4 aliphatic rings. The number of hydrogen-bond donors (Lipinski definition) is 3. The van der Waals surface area contributed by atoms with Gasteiger partial charge in [0, 0.05) is 25.2 Å². The molecule has 9 heteroatoms. The summed E-state index contributed by atoms with van der Waals surface area (Å²) in [7, 11) is 0. The van der Waals surface area contributed by atoms with Gasteiger partial charge in [0.15, 0.2) is 5.54 Å². The molecule has 1 saturated carbocycles. The predicted octanol–water partition coefficient (Wildman–Crippen LogP) is 3.68. The average Bonchev–Trinajstić information content (AvgIpc) is 3.55. The molecule has 7 rings (SSSR count). The lowest BCUT2D eigenvalue weighted by Gasteiger charge is -2.31. The van der Waals surface area contributed by atoms with E-state index in [2.05, 4.69) is 51.1 Å². The van der Waals surface area contributed by atoms with E-state index in [-0.39, 0.29) is 19.1 Å². The van der Waals surface area contributed by atoms with Gasteiger partial charge in [-0.3, -0.25) is 14.9 Å². The highest BCUT2D eigenvalue weighted by Crippen LogP contribution is 2.37. The molecule has 9 nitrogen and oxygen atoms in total. The van der Waals surface area contributed by atoms with Crippen molar-refractivity contribution < 1.29 is 19.1 Å². The molecule has 212 valence electrons. The number of nitrogens with zero attached hydrogens (tertiary/aromatic N) is 2. The highest BCUT2D eigenvalue weighted by molar-refractivity contribution is 6.08. The Morgan fingerprint density at radius 2 is 1.79 bits per heavy atom. The first-order valence-corrected chi connectivity index (χ1v) is 14.3. The number of carbonyl (C=O) groups excluding carboxylic acids is 3. The molecule has 3 heterocycles. The molecule has 3 aromatic carbocycles. The summed E-state index contributed by atoms with van der Waals surface area (Å²) in [5, 5.41) is 7.47. The van der Waals surface area contributed by atoms with Gasteiger partial charge in [0.05, 0.1) is 12.2 Å². The van der Waals surface area contributed by atoms with Crippen molar-refractivity contribution in [3.8, 4) is 28.7 Å². The van der Waals surface area contributed by atoms with Gasteiger partial charge in [0.25, 0.3) is 11.8 Å². The van der Waals surface area contributed by atoms with Crippen LogP contribution < -0.4 is 25.8 Å². The van der Waals surface area contributed by atoms with Crippen molar-refractivity contribution in [1.82, 2.24) is 21.0 Å². The summed E-state index contributed by atoms with van der Waals surface area (Å²) < 4.78 is 5.63. The lowest BCUT2D eigenvalue weighted by molar-refractivity contribution is -0.124. The minimum absolute atomic E-state index is 0.00369. The van der Waals surface area contributed by atoms with E-state index < -0.39 is 17.5 Å². The molecule has 3 aliphatic heterocycles. The molecular formula is C33H31N5O4. The number of fused-ring (bicyclic) bond motifs is 2. The number of ether oxygens (including phenoxy) is 1. The van der Waals surface area contributed by atoms with Gasteiger partial charge >= 0.3 is 6.03 Å². The van der Waals surface area contributed by atoms with Gasteiger partial charge in [-0.15, -0.1) is 5.92 Å². The number of amides is 4. The van der Waals surface area contributed by atoms with Crippen LogP contribution in [0.2, 0.25) is 0 Å². The Labute approximate surface area is 244 Å². The molecular weight excluding hydrogens is 530 g/mol. The number of carbonyl (C=O) groups is 3.